The van der Waals surface area contributed by atoms with Gasteiger partial charge in [-0.2, -0.15) is 10.2 Å². The SMILES string of the molecule is Cc1nn(C)cc1CNCc1ccn(C)n1.Cl. The highest BCUT2D eigenvalue weighted by Crippen LogP contribution is 2.04. The van der Waals surface area contributed by atoms with Crippen LogP contribution in [0.5, 0.6) is 0 Å². The lowest BCUT2D eigenvalue weighted by atomic mass is 10.2. The third-order valence-electron chi connectivity index (χ3n) is 2.51. The van der Waals surface area contributed by atoms with Gasteiger partial charge in [-0.15, -0.1) is 12.4 Å². The molecule has 2 aromatic heterocycles. The second-order valence-electron chi connectivity index (χ2n) is 4.00. The number of hydrogen-bond donors (Lipinski definition) is 1. The molecule has 6 heteroatoms. The number of aromatic nitrogens is 4. The Morgan fingerprint density at radius 3 is 2.47 bits per heavy atom. The van der Waals surface area contributed by atoms with Crippen LogP contribution in [0.4, 0.5) is 0 Å². The van der Waals surface area contributed by atoms with Crippen LogP contribution in [-0.2, 0) is 27.2 Å². The van der Waals surface area contributed by atoms with Gasteiger partial charge >= 0.3 is 0 Å². The van der Waals surface area contributed by atoms with Crippen LogP contribution in [0, 0.1) is 6.92 Å². The Bertz CT molecular complexity index is 474. The molecule has 0 aliphatic heterocycles. The molecule has 0 aliphatic rings. The quantitative estimate of drug-likeness (QED) is 0.892. The molecule has 1 N–H and O–H groups in total. The van der Waals surface area contributed by atoms with E-state index < -0.39 is 0 Å². The molecule has 0 radical (unpaired) electrons. The summed E-state index contributed by atoms with van der Waals surface area (Å²) in [5, 5.41) is 12.0. The maximum absolute atomic E-state index is 4.30. The first-order valence-corrected chi connectivity index (χ1v) is 5.33. The summed E-state index contributed by atoms with van der Waals surface area (Å²) in [5.74, 6) is 0. The lowest BCUT2D eigenvalue weighted by Crippen LogP contribution is -2.13. The molecule has 0 spiro atoms. The molecule has 17 heavy (non-hydrogen) atoms. The van der Waals surface area contributed by atoms with Crippen molar-refractivity contribution in [2.45, 2.75) is 20.0 Å². The largest absolute Gasteiger partial charge is 0.307 e. The molecule has 0 saturated carbocycles. The molecule has 0 unspecified atom stereocenters. The monoisotopic (exact) mass is 255 g/mol. The summed E-state index contributed by atoms with van der Waals surface area (Å²) in [6.07, 6.45) is 3.99. The number of nitrogens with one attached hydrogen (secondary N) is 1. The Morgan fingerprint density at radius 2 is 1.94 bits per heavy atom. The molecule has 0 amide bonds. The number of hydrogen-bond acceptors (Lipinski definition) is 3. The summed E-state index contributed by atoms with van der Waals surface area (Å²) >= 11 is 0. The predicted molar refractivity (Wildman–Crippen MR) is 68.9 cm³/mol. The van der Waals surface area contributed by atoms with Gasteiger partial charge in [-0.3, -0.25) is 9.36 Å². The number of aryl methyl sites for hydroxylation is 3. The van der Waals surface area contributed by atoms with E-state index in [4.69, 9.17) is 0 Å². The highest BCUT2D eigenvalue weighted by atomic mass is 35.5. The van der Waals surface area contributed by atoms with Crippen LogP contribution in [0.25, 0.3) is 0 Å². The zero-order chi connectivity index (χ0) is 11.5. The van der Waals surface area contributed by atoms with E-state index in [1.54, 1.807) is 0 Å². The van der Waals surface area contributed by atoms with Crippen molar-refractivity contribution >= 4 is 12.4 Å². The second-order valence-corrected chi connectivity index (χ2v) is 4.00. The summed E-state index contributed by atoms with van der Waals surface area (Å²) in [6.45, 7) is 3.64. The van der Waals surface area contributed by atoms with Crippen molar-refractivity contribution in [3.63, 3.8) is 0 Å². The topological polar surface area (TPSA) is 47.7 Å². The van der Waals surface area contributed by atoms with Gasteiger partial charge in [-0.1, -0.05) is 0 Å². The maximum atomic E-state index is 4.30. The van der Waals surface area contributed by atoms with Crippen molar-refractivity contribution in [1.82, 2.24) is 24.9 Å². The van der Waals surface area contributed by atoms with Gasteiger partial charge in [0.05, 0.1) is 11.4 Å². The molecule has 0 bridgehead atoms. The summed E-state index contributed by atoms with van der Waals surface area (Å²) in [7, 11) is 3.87. The lowest BCUT2D eigenvalue weighted by molar-refractivity contribution is 0.654. The van der Waals surface area contributed by atoms with Crippen LogP contribution in [0.2, 0.25) is 0 Å². The van der Waals surface area contributed by atoms with E-state index in [0.29, 0.717) is 0 Å². The average Bonchev–Trinajstić information content (AvgIpc) is 2.74. The molecule has 2 aromatic rings. The Balaban J connectivity index is 0.00000144. The number of halogens is 1. The third kappa shape index (κ3) is 3.57. The van der Waals surface area contributed by atoms with E-state index >= 15 is 0 Å². The van der Waals surface area contributed by atoms with Crippen molar-refractivity contribution in [3.05, 3.63) is 35.4 Å². The van der Waals surface area contributed by atoms with Gasteiger partial charge in [0.2, 0.25) is 0 Å². The standard InChI is InChI=1S/C11H17N5.ClH/c1-9-10(8-16(3)13-9)6-12-7-11-4-5-15(2)14-11;/h4-5,8,12H,6-7H2,1-3H3;1H. The summed E-state index contributed by atoms with van der Waals surface area (Å²) in [6, 6.07) is 2.02. The van der Waals surface area contributed by atoms with Crippen molar-refractivity contribution in [2.24, 2.45) is 14.1 Å². The Hall–Kier alpha value is -1.33. The van der Waals surface area contributed by atoms with Crippen molar-refractivity contribution < 1.29 is 0 Å². The average molecular weight is 256 g/mol. The highest BCUT2D eigenvalue weighted by molar-refractivity contribution is 5.85. The lowest BCUT2D eigenvalue weighted by Gasteiger charge is -2.00. The molecule has 0 aliphatic carbocycles. The van der Waals surface area contributed by atoms with Gasteiger partial charge in [0, 0.05) is 45.1 Å². The third-order valence-corrected chi connectivity index (χ3v) is 2.51. The van der Waals surface area contributed by atoms with E-state index in [1.807, 2.05) is 48.8 Å². The predicted octanol–water partition coefficient (Wildman–Crippen LogP) is 1.17. The molecule has 0 fully saturated rings. The van der Waals surface area contributed by atoms with Gasteiger partial charge in [-0.25, -0.2) is 0 Å². The van der Waals surface area contributed by atoms with Crippen LogP contribution < -0.4 is 5.32 Å². The van der Waals surface area contributed by atoms with E-state index in [9.17, 15) is 0 Å². The van der Waals surface area contributed by atoms with Gasteiger partial charge < -0.3 is 5.32 Å². The zero-order valence-corrected chi connectivity index (χ0v) is 11.2. The summed E-state index contributed by atoms with van der Waals surface area (Å²) in [4.78, 5) is 0. The van der Waals surface area contributed by atoms with Crippen LogP contribution in [-0.4, -0.2) is 19.6 Å². The van der Waals surface area contributed by atoms with E-state index in [0.717, 1.165) is 24.5 Å². The first-order chi connectivity index (χ1) is 7.65. The molecule has 0 aromatic carbocycles. The van der Waals surface area contributed by atoms with Gasteiger partial charge in [0.25, 0.3) is 0 Å². The minimum absolute atomic E-state index is 0. The number of nitrogens with zero attached hydrogens (tertiary/aromatic N) is 4. The zero-order valence-electron chi connectivity index (χ0n) is 10.3. The van der Waals surface area contributed by atoms with E-state index in [2.05, 4.69) is 15.5 Å². The molecular weight excluding hydrogens is 238 g/mol. The maximum Gasteiger partial charge on any atom is 0.0762 e. The molecule has 0 saturated heterocycles. The van der Waals surface area contributed by atoms with Gasteiger partial charge in [0.1, 0.15) is 0 Å². The summed E-state index contributed by atoms with van der Waals surface area (Å²) < 4.78 is 3.65. The molecule has 2 rings (SSSR count). The van der Waals surface area contributed by atoms with E-state index in [1.165, 1.54) is 5.56 Å². The normalized spacial score (nSPS) is 10.3. The molecule has 5 nitrogen and oxygen atoms in total. The Labute approximate surface area is 107 Å². The van der Waals surface area contributed by atoms with Gasteiger partial charge in [0.15, 0.2) is 0 Å². The fraction of sp³-hybridized carbons (Fsp3) is 0.455. The minimum atomic E-state index is 0. The molecular formula is C11H18ClN5. The van der Waals surface area contributed by atoms with Crippen LogP contribution in [0.3, 0.4) is 0 Å². The fourth-order valence-corrected chi connectivity index (χ4v) is 1.70. The van der Waals surface area contributed by atoms with Crippen molar-refractivity contribution in [1.29, 1.82) is 0 Å². The molecule has 2 heterocycles. The van der Waals surface area contributed by atoms with E-state index in [-0.39, 0.29) is 12.4 Å². The fourth-order valence-electron chi connectivity index (χ4n) is 1.70. The van der Waals surface area contributed by atoms with Gasteiger partial charge in [-0.05, 0) is 13.0 Å². The number of rotatable bonds is 4. The van der Waals surface area contributed by atoms with Crippen molar-refractivity contribution in [3.8, 4) is 0 Å². The first kappa shape index (κ1) is 13.7. The van der Waals surface area contributed by atoms with Crippen LogP contribution >= 0.6 is 12.4 Å². The highest BCUT2D eigenvalue weighted by Gasteiger charge is 2.02. The Morgan fingerprint density at radius 1 is 1.18 bits per heavy atom. The van der Waals surface area contributed by atoms with Crippen molar-refractivity contribution in [2.75, 3.05) is 0 Å². The minimum Gasteiger partial charge on any atom is -0.307 e. The Kier molecular flexibility index (Phi) is 4.72. The second kappa shape index (κ2) is 5.84. The smallest absolute Gasteiger partial charge is 0.0762 e. The molecule has 0 atom stereocenters. The first-order valence-electron chi connectivity index (χ1n) is 5.33. The summed E-state index contributed by atoms with van der Waals surface area (Å²) in [5.41, 5.74) is 3.37. The van der Waals surface area contributed by atoms with Crippen LogP contribution in [0.1, 0.15) is 17.0 Å². The van der Waals surface area contributed by atoms with Crippen LogP contribution in [0.15, 0.2) is 18.5 Å². The molecule has 94 valence electrons.